The molecule has 1 amide bonds. The van der Waals surface area contributed by atoms with E-state index in [1.165, 1.54) is 6.92 Å². The fourth-order valence-electron chi connectivity index (χ4n) is 1.85. The number of nitrogens with one attached hydrogen (secondary N) is 1. The lowest BCUT2D eigenvalue weighted by atomic mass is 10.1. The van der Waals surface area contributed by atoms with E-state index in [9.17, 15) is 9.59 Å². The van der Waals surface area contributed by atoms with Crippen LogP contribution < -0.4 is 5.32 Å². The van der Waals surface area contributed by atoms with Crippen LogP contribution in [0.5, 0.6) is 0 Å². The van der Waals surface area contributed by atoms with Crippen molar-refractivity contribution in [2.24, 2.45) is 5.41 Å². The number of anilines is 1. The number of carbonyl (C=O) groups excluding carboxylic acids is 2. The van der Waals surface area contributed by atoms with E-state index in [0.717, 1.165) is 5.56 Å². The molecule has 1 aliphatic rings. The highest BCUT2D eigenvalue weighted by Gasteiger charge is 2.69. The summed E-state index contributed by atoms with van der Waals surface area (Å²) >= 11 is 11.8. The number of hydrogen-bond donors (Lipinski definition) is 1. The van der Waals surface area contributed by atoms with Crippen LogP contribution in [0.2, 0.25) is 0 Å². The number of amides is 1. The Hall–Kier alpha value is -1.26. The molecule has 1 aliphatic carbocycles. The Balaban J connectivity index is 1.91. The lowest BCUT2D eigenvalue weighted by molar-refractivity contribution is -0.158. The van der Waals surface area contributed by atoms with Gasteiger partial charge in [0.15, 0.2) is 6.10 Å². The van der Waals surface area contributed by atoms with Crippen molar-refractivity contribution in [3.8, 4) is 0 Å². The predicted molar refractivity (Wildman–Crippen MR) is 82.5 cm³/mol. The lowest BCUT2D eigenvalue weighted by Gasteiger charge is -2.17. The van der Waals surface area contributed by atoms with Crippen molar-refractivity contribution in [1.82, 2.24) is 0 Å². The van der Waals surface area contributed by atoms with Crippen molar-refractivity contribution in [3.05, 3.63) is 29.8 Å². The Kier molecular flexibility index (Phi) is 4.22. The molecule has 0 aromatic heterocycles. The van der Waals surface area contributed by atoms with Gasteiger partial charge in [-0.3, -0.25) is 9.59 Å². The first-order valence-electron chi connectivity index (χ1n) is 6.62. The third-order valence-electron chi connectivity index (χ3n) is 3.68. The average Bonchev–Trinajstić information content (AvgIpc) is 2.92. The number of carbonyl (C=O) groups is 2. The van der Waals surface area contributed by atoms with Crippen LogP contribution in [0.1, 0.15) is 25.8 Å². The lowest BCUT2D eigenvalue weighted by Crippen LogP contribution is -2.33. The van der Waals surface area contributed by atoms with E-state index in [1.54, 1.807) is 19.1 Å². The zero-order valence-electron chi connectivity index (χ0n) is 12.1. The minimum Gasteiger partial charge on any atom is -0.452 e. The molecule has 1 N–H and O–H groups in total. The van der Waals surface area contributed by atoms with Gasteiger partial charge in [0.2, 0.25) is 0 Å². The van der Waals surface area contributed by atoms with E-state index in [0.29, 0.717) is 12.1 Å². The molecule has 6 heteroatoms. The maximum Gasteiger partial charge on any atom is 0.315 e. The first kappa shape index (κ1) is 16.1. The third-order valence-corrected chi connectivity index (χ3v) is 4.78. The number of hydrogen-bond acceptors (Lipinski definition) is 3. The molecule has 1 aromatic rings. The number of rotatable bonds is 4. The second kappa shape index (κ2) is 5.50. The van der Waals surface area contributed by atoms with Gasteiger partial charge in [-0.2, -0.15) is 0 Å². The maximum atomic E-state index is 12.0. The molecule has 1 saturated carbocycles. The minimum atomic E-state index is -1.10. The monoisotopic (exact) mass is 329 g/mol. The minimum absolute atomic E-state index is 0.328. The summed E-state index contributed by atoms with van der Waals surface area (Å²) in [6.07, 6.45) is -0.589. The zero-order valence-corrected chi connectivity index (χ0v) is 13.6. The highest BCUT2D eigenvalue weighted by atomic mass is 35.5. The van der Waals surface area contributed by atoms with Crippen LogP contribution in [0.15, 0.2) is 24.3 Å². The summed E-state index contributed by atoms with van der Waals surface area (Å²) in [6.45, 7) is 5.09. The van der Waals surface area contributed by atoms with Crippen LogP contribution >= 0.6 is 23.2 Å². The first-order valence-corrected chi connectivity index (χ1v) is 7.38. The summed E-state index contributed by atoms with van der Waals surface area (Å²) in [7, 11) is 0. The summed E-state index contributed by atoms with van der Waals surface area (Å²) in [4.78, 5) is 24.0. The van der Waals surface area contributed by atoms with Crippen LogP contribution in [0.3, 0.4) is 0 Å². The average molecular weight is 330 g/mol. The van der Waals surface area contributed by atoms with Crippen LogP contribution in [0, 0.1) is 12.3 Å². The molecule has 0 aliphatic heterocycles. The summed E-state index contributed by atoms with van der Waals surface area (Å²) in [5.74, 6) is -0.953. The molecule has 4 nitrogen and oxygen atoms in total. The molecule has 0 unspecified atom stereocenters. The summed E-state index contributed by atoms with van der Waals surface area (Å²) in [5, 5.41) is 2.68. The van der Waals surface area contributed by atoms with Gasteiger partial charge in [-0.15, -0.1) is 23.2 Å². The van der Waals surface area contributed by atoms with Crippen LogP contribution in [0.25, 0.3) is 0 Å². The Bertz CT molecular complexity index is 571. The molecule has 0 heterocycles. The number of esters is 1. The Labute approximate surface area is 133 Å². The van der Waals surface area contributed by atoms with Crippen molar-refractivity contribution in [2.45, 2.75) is 37.6 Å². The standard InChI is InChI=1S/C15H17Cl2NO3/c1-9-4-6-11(7-5-9)18-12(19)10(2)21-13(20)14(3)8-15(14,16)17/h4-7,10H,8H2,1-3H3,(H,18,19)/t10-,14+/m0/s1. The van der Waals surface area contributed by atoms with E-state index >= 15 is 0 Å². The van der Waals surface area contributed by atoms with E-state index in [2.05, 4.69) is 5.32 Å². The van der Waals surface area contributed by atoms with Gasteiger partial charge in [0.05, 0.1) is 0 Å². The molecular formula is C15H17Cl2NO3. The quantitative estimate of drug-likeness (QED) is 0.679. The topological polar surface area (TPSA) is 55.4 Å². The van der Waals surface area contributed by atoms with Gasteiger partial charge < -0.3 is 10.1 Å². The van der Waals surface area contributed by atoms with Crippen LogP contribution in [-0.4, -0.2) is 22.3 Å². The molecule has 1 fully saturated rings. The molecule has 0 radical (unpaired) electrons. The van der Waals surface area contributed by atoms with Gasteiger partial charge in [-0.1, -0.05) is 17.7 Å². The molecule has 1 aromatic carbocycles. The van der Waals surface area contributed by atoms with Crippen molar-refractivity contribution in [3.63, 3.8) is 0 Å². The molecule has 2 atom stereocenters. The fraction of sp³-hybridized carbons (Fsp3) is 0.467. The van der Waals surface area contributed by atoms with Crippen molar-refractivity contribution in [2.75, 3.05) is 5.32 Å². The smallest absolute Gasteiger partial charge is 0.315 e. The number of halogens is 2. The zero-order chi connectivity index (χ0) is 15.8. The van der Waals surface area contributed by atoms with Gasteiger partial charge >= 0.3 is 5.97 Å². The molecule has 0 spiro atoms. The number of alkyl halides is 2. The van der Waals surface area contributed by atoms with Crippen LogP contribution in [-0.2, 0) is 14.3 Å². The van der Waals surface area contributed by atoms with Gasteiger partial charge in [0.25, 0.3) is 5.91 Å². The Morgan fingerprint density at radius 2 is 1.81 bits per heavy atom. The Morgan fingerprint density at radius 3 is 2.29 bits per heavy atom. The van der Waals surface area contributed by atoms with Crippen LogP contribution in [0.4, 0.5) is 5.69 Å². The molecule has 21 heavy (non-hydrogen) atoms. The first-order chi connectivity index (χ1) is 9.65. The van der Waals surface area contributed by atoms with E-state index in [-0.39, 0.29) is 0 Å². The van der Waals surface area contributed by atoms with Crippen molar-refractivity contribution in [1.29, 1.82) is 0 Å². The largest absolute Gasteiger partial charge is 0.452 e. The molecule has 0 saturated heterocycles. The van der Waals surface area contributed by atoms with Gasteiger partial charge in [0.1, 0.15) is 9.75 Å². The number of ether oxygens (including phenoxy) is 1. The summed E-state index contributed by atoms with van der Waals surface area (Å²) < 4.78 is 4.05. The van der Waals surface area contributed by atoms with Gasteiger partial charge in [-0.05, 0) is 32.9 Å². The fourth-order valence-corrected chi connectivity index (χ4v) is 2.54. The van der Waals surface area contributed by atoms with Crippen molar-refractivity contribution < 1.29 is 14.3 Å². The molecule has 114 valence electrons. The molecular weight excluding hydrogens is 313 g/mol. The van der Waals surface area contributed by atoms with E-state index in [4.69, 9.17) is 27.9 Å². The summed E-state index contributed by atoms with van der Waals surface area (Å²) in [6, 6.07) is 7.33. The molecule has 2 rings (SSSR count). The van der Waals surface area contributed by atoms with E-state index in [1.807, 2.05) is 19.1 Å². The van der Waals surface area contributed by atoms with E-state index < -0.39 is 27.7 Å². The predicted octanol–water partition coefficient (Wildman–Crippen LogP) is 3.45. The Morgan fingerprint density at radius 1 is 1.29 bits per heavy atom. The summed E-state index contributed by atoms with van der Waals surface area (Å²) in [5.41, 5.74) is 0.805. The normalized spacial score (nSPS) is 24.0. The third kappa shape index (κ3) is 3.33. The highest BCUT2D eigenvalue weighted by Crippen LogP contribution is 2.64. The van der Waals surface area contributed by atoms with Gasteiger partial charge in [-0.25, -0.2) is 0 Å². The second-order valence-corrected chi connectivity index (χ2v) is 7.10. The highest BCUT2D eigenvalue weighted by molar-refractivity contribution is 6.53. The van der Waals surface area contributed by atoms with Crippen molar-refractivity contribution >= 4 is 40.8 Å². The molecule has 0 bridgehead atoms. The SMILES string of the molecule is Cc1ccc(NC(=O)[C@H](C)OC(=O)[C@@]2(C)CC2(Cl)Cl)cc1. The number of benzene rings is 1. The second-order valence-electron chi connectivity index (χ2n) is 5.62. The maximum absolute atomic E-state index is 12.0. The van der Waals surface area contributed by atoms with Gasteiger partial charge in [0, 0.05) is 12.1 Å². The number of aryl methyl sites for hydroxylation is 1.